The van der Waals surface area contributed by atoms with Crippen molar-refractivity contribution < 1.29 is 22.3 Å². The van der Waals surface area contributed by atoms with E-state index in [0.717, 1.165) is 12.1 Å². The van der Waals surface area contributed by atoms with Crippen LogP contribution < -0.4 is 10.5 Å². The number of nitrogens with zero attached hydrogens (tertiary/aromatic N) is 3. The number of aromatic nitrogens is 3. The maximum absolute atomic E-state index is 12.8. The Balaban J connectivity index is 2.22. The quantitative estimate of drug-likeness (QED) is 0.750. The molecule has 2 N–H and O–H groups in total. The number of nitrogen functional groups attached to an aromatic ring is 1. The Labute approximate surface area is 127 Å². The van der Waals surface area contributed by atoms with Crippen LogP contribution in [0.5, 0.6) is 5.75 Å². The summed E-state index contributed by atoms with van der Waals surface area (Å²) in [5.41, 5.74) is 5.67. The number of hydrogen-bond donors (Lipinski definition) is 1. The highest BCUT2D eigenvalue weighted by Crippen LogP contribution is 2.37. The lowest BCUT2D eigenvalue weighted by Gasteiger charge is -2.13. The lowest BCUT2D eigenvalue weighted by Crippen LogP contribution is -2.07. The first-order valence-corrected chi connectivity index (χ1v) is 6.41. The van der Waals surface area contributed by atoms with Crippen molar-refractivity contribution in [3.05, 3.63) is 42.1 Å². The standard InChI is InChI=1S/C14H10F4N4O/c15-7-23-11-6-8(14(16,17)18)3-4-9(11)12-10-2-1-5-22(10)13(19)21-20-12/h1-6H,7H2,(H2,19,21). The van der Waals surface area contributed by atoms with E-state index in [0.29, 0.717) is 5.52 Å². The summed E-state index contributed by atoms with van der Waals surface area (Å²) in [6.07, 6.45) is -2.94. The Morgan fingerprint density at radius 1 is 1.17 bits per heavy atom. The molecule has 2 aromatic heterocycles. The molecule has 2 heterocycles. The molecule has 3 aromatic rings. The van der Waals surface area contributed by atoms with Gasteiger partial charge in [-0.3, -0.25) is 4.40 Å². The molecule has 120 valence electrons. The molecule has 3 rings (SSSR count). The zero-order valence-corrected chi connectivity index (χ0v) is 11.5. The Morgan fingerprint density at radius 3 is 2.65 bits per heavy atom. The van der Waals surface area contributed by atoms with Gasteiger partial charge in [0.15, 0.2) is 0 Å². The van der Waals surface area contributed by atoms with E-state index in [1.807, 2.05) is 0 Å². The van der Waals surface area contributed by atoms with Gasteiger partial charge < -0.3 is 10.5 Å². The molecular weight excluding hydrogens is 316 g/mol. The van der Waals surface area contributed by atoms with Crippen LogP contribution in [0.15, 0.2) is 36.5 Å². The SMILES string of the molecule is Nc1nnc(-c2ccc(C(F)(F)F)cc2OCF)c2cccn12. The van der Waals surface area contributed by atoms with E-state index in [4.69, 9.17) is 10.5 Å². The number of hydrogen-bond acceptors (Lipinski definition) is 4. The highest BCUT2D eigenvalue weighted by atomic mass is 19.4. The van der Waals surface area contributed by atoms with Gasteiger partial charge in [0.05, 0.1) is 11.1 Å². The Morgan fingerprint density at radius 2 is 1.96 bits per heavy atom. The lowest BCUT2D eigenvalue weighted by molar-refractivity contribution is -0.137. The van der Waals surface area contributed by atoms with Crippen LogP contribution in [0.2, 0.25) is 0 Å². The topological polar surface area (TPSA) is 65.4 Å². The predicted molar refractivity (Wildman–Crippen MR) is 74.4 cm³/mol. The Hall–Kier alpha value is -2.84. The van der Waals surface area contributed by atoms with E-state index >= 15 is 0 Å². The van der Waals surface area contributed by atoms with Crippen molar-refractivity contribution >= 4 is 11.5 Å². The predicted octanol–water partition coefficient (Wildman–Crippen LogP) is 3.30. The molecule has 23 heavy (non-hydrogen) atoms. The van der Waals surface area contributed by atoms with Crippen LogP contribution in [-0.4, -0.2) is 21.5 Å². The summed E-state index contributed by atoms with van der Waals surface area (Å²) in [5.74, 6) is -0.155. The Bertz CT molecular complexity index is 860. The first-order valence-electron chi connectivity index (χ1n) is 6.41. The van der Waals surface area contributed by atoms with Crippen LogP contribution in [0.1, 0.15) is 5.56 Å². The smallest absolute Gasteiger partial charge is 0.416 e. The molecule has 0 bridgehead atoms. The first-order chi connectivity index (χ1) is 10.9. The van der Waals surface area contributed by atoms with Gasteiger partial charge >= 0.3 is 6.18 Å². The number of anilines is 1. The minimum absolute atomic E-state index is 0.119. The average Bonchev–Trinajstić information content (AvgIpc) is 2.98. The number of nitrogens with two attached hydrogens (primary N) is 1. The number of halogens is 4. The third-order valence-electron chi connectivity index (χ3n) is 3.26. The molecule has 0 aliphatic heterocycles. The molecule has 1 aromatic carbocycles. The van der Waals surface area contributed by atoms with Gasteiger partial charge in [-0.25, -0.2) is 4.39 Å². The molecule has 0 spiro atoms. The number of ether oxygens (including phenoxy) is 1. The van der Waals surface area contributed by atoms with Crippen LogP contribution in [0.4, 0.5) is 23.5 Å². The highest BCUT2D eigenvalue weighted by molar-refractivity contribution is 5.81. The summed E-state index contributed by atoms with van der Waals surface area (Å²) >= 11 is 0. The molecular formula is C14H10F4N4O. The molecule has 0 amide bonds. The van der Waals surface area contributed by atoms with Crippen molar-refractivity contribution in [3.63, 3.8) is 0 Å². The molecule has 0 aliphatic carbocycles. The molecule has 0 radical (unpaired) electrons. The van der Waals surface area contributed by atoms with E-state index in [-0.39, 0.29) is 23.0 Å². The second-order valence-corrected chi connectivity index (χ2v) is 4.63. The monoisotopic (exact) mass is 326 g/mol. The van der Waals surface area contributed by atoms with Gasteiger partial charge in [0, 0.05) is 11.8 Å². The van der Waals surface area contributed by atoms with E-state index in [1.54, 1.807) is 18.3 Å². The number of rotatable bonds is 3. The fraction of sp³-hybridized carbons (Fsp3) is 0.143. The minimum Gasteiger partial charge on any atom is -0.462 e. The van der Waals surface area contributed by atoms with Gasteiger partial charge in [0.25, 0.3) is 0 Å². The normalized spacial score (nSPS) is 11.8. The minimum atomic E-state index is -4.57. The second kappa shape index (κ2) is 5.41. The molecule has 0 atom stereocenters. The lowest BCUT2D eigenvalue weighted by atomic mass is 10.1. The van der Waals surface area contributed by atoms with Crippen LogP contribution in [0.25, 0.3) is 16.8 Å². The molecule has 9 heteroatoms. The maximum Gasteiger partial charge on any atom is 0.416 e. The van der Waals surface area contributed by atoms with Crippen LogP contribution in [0.3, 0.4) is 0 Å². The van der Waals surface area contributed by atoms with Gasteiger partial charge in [0.1, 0.15) is 11.4 Å². The summed E-state index contributed by atoms with van der Waals surface area (Å²) in [6.45, 7) is -1.27. The van der Waals surface area contributed by atoms with Crippen molar-refractivity contribution in [2.75, 3.05) is 12.6 Å². The molecule has 0 unspecified atom stereocenters. The van der Waals surface area contributed by atoms with Crippen LogP contribution in [-0.2, 0) is 6.18 Å². The van der Waals surface area contributed by atoms with E-state index in [9.17, 15) is 17.6 Å². The van der Waals surface area contributed by atoms with Gasteiger partial charge in [-0.1, -0.05) is 0 Å². The number of alkyl halides is 4. The summed E-state index contributed by atoms with van der Waals surface area (Å²) in [7, 11) is 0. The Kier molecular flexibility index (Phi) is 3.55. The molecule has 0 fully saturated rings. The van der Waals surface area contributed by atoms with Gasteiger partial charge in [-0.15, -0.1) is 10.2 Å². The summed E-state index contributed by atoms with van der Waals surface area (Å²) in [6, 6.07) is 6.11. The van der Waals surface area contributed by atoms with E-state index in [2.05, 4.69) is 10.2 Å². The van der Waals surface area contributed by atoms with E-state index in [1.165, 1.54) is 10.5 Å². The van der Waals surface area contributed by atoms with Crippen molar-refractivity contribution in [1.82, 2.24) is 14.6 Å². The first kappa shape index (κ1) is 15.1. The zero-order valence-electron chi connectivity index (χ0n) is 11.5. The van der Waals surface area contributed by atoms with Crippen molar-refractivity contribution in [1.29, 1.82) is 0 Å². The fourth-order valence-corrected chi connectivity index (χ4v) is 2.24. The van der Waals surface area contributed by atoms with Crippen molar-refractivity contribution in [2.45, 2.75) is 6.18 Å². The average molecular weight is 326 g/mol. The molecule has 5 nitrogen and oxygen atoms in total. The van der Waals surface area contributed by atoms with Crippen molar-refractivity contribution in [2.24, 2.45) is 0 Å². The number of fused-ring (bicyclic) bond motifs is 1. The van der Waals surface area contributed by atoms with Crippen LogP contribution >= 0.6 is 0 Å². The summed E-state index contributed by atoms with van der Waals surface area (Å²) in [4.78, 5) is 0. The van der Waals surface area contributed by atoms with E-state index < -0.39 is 18.6 Å². The fourth-order valence-electron chi connectivity index (χ4n) is 2.24. The third-order valence-corrected chi connectivity index (χ3v) is 3.26. The third kappa shape index (κ3) is 2.65. The molecule has 0 saturated carbocycles. The van der Waals surface area contributed by atoms with Crippen LogP contribution in [0, 0.1) is 0 Å². The van der Waals surface area contributed by atoms with Gasteiger partial charge in [-0.05, 0) is 30.3 Å². The highest BCUT2D eigenvalue weighted by Gasteiger charge is 2.31. The van der Waals surface area contributed by atoms with Gasteiger partial charge in [-0.2, -0.15) is 13.2 Å². The zero-order chi connectivity index (χ0) is 16.6. The maximum atomic E-state index is 12.8. The van der Waals surface area contributed by atoms with Crippen molar-refractivity contribution in [3.8, 4) is 17.0 Å². The van der Waals surface area contributed by atoms with Gasteiger partial charge in [0.2, 0.25) is 12.8 Å². The second-order valence-electron chi connectivity index (χ2n) is 4.63. The summed E-state index contributed by atoms with van der Waals surface area (Å²) < 4.78 is 57.2. The molecule has 0 aliphatic rings. The summed E-state index contributed by atoms with van der Waals surface area (Å²) in [5, 5.41) is 7.65. The molecule has 0 saturated heterocycles. The largest absolute Gasteiger partial charge is 0.462 e. The number of benzene rings is 1.